The lowest BCUT2D eigenvalue weighted by Crippen LogP contribution is -2.61. The van der Waals surface area contributed by atoms with Gasteiger partial charge in [-0.25, -0.2) is 14.5 Å². The average molecular weight is 966 g/mol. The van der Waals surface area contributed by atoms with Gasteiger partial charge in [-0.3, -0.25) is 24.5 Å². The maximum atomic E-state index is 14.0. The molecule has 3 fully saturated rings. The molecule has 8 rings (SSSR count). The molecular formula is C45H51N5O19. The van der Waals surface area contributed by atoms with Gasteiger partial charge in [-0.2, -0.15) is 0 Å². The van der Waals surface area contributed by atoms with Crippen molar-refractivity contribution < 1.29 is 87.6 Å². The van der Waals surface area contributed by atoms with Crippen LogP contribution in [-0.2, 0) is 25.7 Å². The second-order valence-electron chi connectivity index (χ2n) is 16.9. The number of aliphatic hydroxyl groups is 4. The number of carbonyl (C=O) groups excluding carboxylic acids is 4. The van der Waals surface area contributed by atoms with Crippen molar-refractivity contribution in [3.8, 4) is 28.7 Å². The summed E-state index contributed by atoms with van der Waals surface area (Å²) in [6.45, 7) is 0.636. The highest BCUT2D eigenvalue weighted by Crippen LogP contribution is 2.42. The van der Waals surface area contributed by atoms with Crippen LogP contribution in [-0.4, -0.2) is 160 Å². The fraction of sp³-hybridized carbons (Fsp3) is 0.489. The van der Waals surface area contributed by atoms with Gasteiger partial charge in [0.25, 0.3) is 11.8 Å². The molecule has 4 amide bonds. The molecule has 24 heteroatoms. The zero-order chi connectivity index (χ0) is 49.3. The molecular weight excluding hydrogens is 915 g/mol. The molecule has 1 unspecified atom stereocenters. The Hall–Kier alpha value is -6.99. The molecule has 370 valence electrons. The van der Waals surface area contributed by atoms with E-state index in [4.69, 9.17) is 33.2 Å². The number of nitro groups is 1. The van der Waals surface area contributed by atoms with Crippen LogP contribution in [0.4, 0.5) is 21.9 Å². The summed E-state index contributed by atoms with van der Waals surface area (Å²) in [5.41, 5.74) is -0.0190. The first-order valence-corrected chi connectivity index (χ1v) is 22.2. The quantitative estimate of drug-likeness (QED) is 0.0680. The molecule has 0 radical (unpaired) electrons. The van der Waals surface area contributed by atoms with Gasteiger partial charge in [-0.05, 0) is 68.7 Å². The van der Waals surface area contributed by atoms with Crippen molar-refractivity contribution in [3.63, 3.8) is 0 Å². The van der Waals surface area contributed by atoms with E-state index in [1.54, 1.807) is 17.0 Å². The number of amides is 4. The van der Waals surface area contributed by atoms with E-state index in [0.717, 1.165) is 23.5 Å². The highest BCUT2D eigenvalue weighted by Gasteiger charge is 2.49. The van der Waals surface area contributed by atoms with E-state index in [2.05, 4.69) is 5.32 Å². The Balaban J connectivity index is 0.925. The molecule has 8 atom stereocenters. The van der Waals surface area contributed by atoms with E-state index in [1.807, 2.05) is 0 Å². The molecule has 3 aromatic carbocycles. The number of unbranched alkanes of at least 4 members (excludes halogenated alkanes) is 2. The number of ether oxygens (including phenoxy) is 7. The number of nitro benzene ring substituents is 1. The minimum absolute atomic E-state index is 0.0151. The van der Waals surface area contributed by atoms with E-state index in [-0.39, 0.29) is 53.3 Å². The lowest BCUT2D eigenvalue weighted by molar-refractivity contribution is -0.387. The van der Waals surface area contributed by atoms with Gasteiger partial charge in [0.1, 0.15) is 31.0 Å². The van der Waals surface area contributed by atoms with Gasteiger partial charge >= 0.3 is 17.7 Å². The van der Waals surface area contributed by atoms with Crippen molar-refractivity contribution in [2.24, 2.45) is 0 Å². The summed E-state index contributed by atoms with van der Waals surface area (Å²) in [6.07, 6.45) is -8.75. The third-order valence-corrected chi connectivity index (χ3v) is 12.7. The summed E-state index contributed by atoms with van der Waals surface area (Å²) in [5, 5.41) is 66.6. The molecule has 0 saturated carbocycles. The van der Waals surface area contributed by atoms with Gasteiger partial charge < -0.3 is 73.8 Å². The normalized spacial score (nSPS) is 25.0. The molecule has 0 aliphatic carbocycles. The van der Waals surface area contributed by atoms with Crippen LogP contribution in [0.25, 0.3) is 0 Å². The molecule has 0 bridgehead atoms. The monoisotopic (exact) mass is 965 g/mol. The first-order valence-electron chi connectivity index (χ1n) is 22.2. The maximum absolute atomic E-state index is 14.0. The molecule has 6 N–H and O–H groups in total. The number of benzene rings is 3. The van der Waals surface area contributed by atoms with Crippen molar-refractivity contribution >= 4 is 46.8 Å². The largest absolute Gasteiger partial charge is 0.493 e. The minimum atomic E-state index is -2.03. The lowest BCUT2D eigenvalue weighted by Gasteiger charge is -2.38. The standard InChI is InChI=1S/C45H51N5O19/c1-63-31-17-23-25(46-39(54)26-8-6-12-47(26)40(23)55)19-33(31)65-14-4-3-5-15-66-34-20-28-24(18-32(34)64-2)41(56)48-13-7-9-27(48)42(57)49(28)45(60)67-21-22-10-11-30(29(16-22)50(61)62)68-44-37(53)35(51)36(52)38(69-44)43(58)59/h10-11,16-20,26-27,35-38,42,44,51-53,57H,3-9,12-15,21H2,1-2H3,(H,46,54)(H,58,59)/t26-,27-,35-,36-,37+,38-,42?,44+/m0/s1. The number of carboxylic acids is 1. The second-order valence-corrected chi connectivity index (χ2v) is 16.9. The highest BCUT2D eigenvalue weighted by atomic mass is 16.7. The van der Waals surface area contributed by atoms with Crippen molar-refractivity contribution in [1.82, 2.24) is 9.80 Å². The van der Waals surface area contributed by atoms with Crippen molar-refractivity contribution in [3.05, 3.63) is 69.3 Å². The van der Waals surface area contributed by atoms with E-state index >= 15 is 0 Å². The summed E-state index contributed by atoms with van der Waals surface area (Å²) in [7, 11) is 2.85. The summed E-state index contributed by atoms with van der Waals surface area (Å²) in [4.78, 5) is 80.9. The Morgan fingerprint density at radius 3 is 2.13 bits per heavy atom. The number of aliphatic carboxylic acids is 1. The average Bonchev–Trinajstić information content (AvgIpc) is 4.01. The number of fused-ring (bicyclic) bond motifs is 4. The number of methoxy groups -OCH3 is 2. The first-order chi connectivity index (χ1) is 33.1. The molecule has 3 aromatic rings. The van der Waals surface area contributed by atoms with Crippen LogP contribution in [0, 0.1) is 10.1 Å². The van der Waals surface area contributed by atoms with E-state index < -0.39 is 90.0 Å². The first kappa shape index (κ1) is 48.5. The molecule has 0 aromatic heterocycles. The molecule has 24 nitrogen and oxygen atoms in total. The number of aliphatic hydroxyl groups excluding tert-OH is 4. The third kappa shape index (κ3) is 9.57. The van der Waals surface area contributed by atoms with Crippen LogP contribution in [0.15, 0.2) is 42.5 Å². The Bertz CT molecular complexity index is 2510. The Morgan fingerprint density at radius 2 is 1.45 bits per heavy atom. The number of hydrogen-bond donors (Lipinski definition) is 6. The van der Waals surface area contributed by atoms with Crippen molar-refractivity contribution in [2.75, 3.05) is 50.7 Å². The van der Waals surface area contributed by atoms with E-state index in [0.29, 0.717) is 74.4 Å². The Morgan fingerprint density at radius 1 is 0.797 bits per heavy atom. The fourth-order valence-electron chi connectivity index (χ4n) is 9.12. The molecule has 3 saturated heterocycles. The van der Waals surface area contributed by atoms with Crippen LogP contribution in [0.5, 0.6) is 28.7 Å². The number of anilines is 2. The van der Waals surface area contributed by atoms with Gasteiger partial charge in [0.2, 0.25) is 12.2 Å². The number of nitrogens with zero attached hydrogens (tertiary/aromatic N) is 4. The molecule has 5 aliphatic rings. The van der Waals surface area contributed by atoms with Gasteiger partial charge in [0.05, 0.1) is 60.9 Å². The molecule has 0 spiro atoms. The number of carbonyl (C=O) groups is 5. The van der Waals surface area contributed by atoms with Crippen molar-refractivity contribution in [1.29, 1.82) is 0 Å². The number of hydrogen-bond acceptors (Lipinski definition) is 18. The van der Waals surface area contributed by atoms with Gasteiger partial charge in [0.15, 0.2) is 41.1 Å². The zero-order valence-corrected chi connectivity index (χ0v) is 37.4. The van der Waals surface area contributed by atoms with E-state index in [1.165, 1.54) is 37.3 Å². The Labute approximate surface area is 392 Å². The Kier molecular flexibility index (Phi) is 14.3. The second kappa shape index (κ2) is 20.3. The molecule has 5 aliphatic heterocycles. The summed E-state index contributed by atoms with van der Waals surface area (Å²) >= 11 is 0. The van der Waals surface area contributed by atoms with Gasteiger partial charge in [0, 0.05) is 31.3 Å². The van der Waals surface area contributed by atoms with Crippen LogP contribution in [0.1, 0.15) is 71.2 Å². The third-order valence-electron chi connectivity index (χ3n) is 12.7. The maximum Gasteiger partial charge on any atom is 0.416 e. The molecule has 69 heavy (non-hydrogen) atoms. The van der Waals surface area contributed by atoms with Crippen LogP contribution in [0.2, 0.25) is 0 Å². The van der Waals surface area contributed by atoms with Crippen LogP contribution in [0.3, 0.4) is 0 Å². The van der Waals surface area contributed by atoms with Gasteiger partial charge in [-0.1, -0.05) is 6.07 Å². The van der Waals surface area contributed by atoms with Gasteiger partial charge in [-0.15, -0.1) is 0 Å². The molecule has 5 heterocycles. The van der Waals surface area contributed by atoms with Crippen molar-refractivity contribution in [2.45, 2.75) is 101 Å². The fourth-order valence-corrected chi connectivity index (χ4v) is 9.12. The smallest absolute Gasteiger partial charge is 0.416 e. The summed E-state index contributed by atoms with van der Waals surface area (Å²) in [5.74, 6) is -2.14. The zero-order valence-electron chi connectivity index (χ0n) is 37.4. The van der Waals surface area contributed by atoms with E-state index in [9.17, 15) is 59.6 Å². The SMILES string of the molecule is COc1cc2c(cc1OCCCCCOc1cc3c(cc1OC)C(=O)N1CCC[C@H]1C(O)N3C(=O)OCc1ccc(O[C@@H]3O[C@H](C(=O)O)[C@@H](O)[C@H](O)[C@H]3O)c([N+](=O)[O-])c1)NC(=O)[C@@H]1CCCN1C2=O. The summed E-state index contributed by atoms with van der Waals surface area (Å²) < 4.78 is 39.3. The number of nitrogens with one attached hydrogen (secondary N) is 1. The number of carboxylic acid groups (broad SMARTS) is 1. The topological polar surface area (TPSA) is 316 Å². The lowest BCUT2D eigenvalue weighted by atomic mass is 9.99. The number of rotatable bonds is 16. The minimum Gasteiger partial charge on any atom is -0.493 e. The van der Waals surface area contributed by atoms with Crippen LogP contribution >= 0.6 is 0 Å². The predicted octanol–water partition coefficient (Wildman–Crippen LogP) is 2.15. The van der Waals surface area contributed by atoms with Crippen LogP contribution < -0.4 is 33.9 Å². The summed E-state index contributed by atoms with van der Waals surface area (Å²) in [6, 6.07) is 7.95. The predicted molar refractivity (Wildman–Crippen MR) is 234 cm³/mol. The highest BCUT2D eigenvalue weighted by molar-refractivity contribution is 6.11.